The molecule has 1 N–H and O–H groups in total. The third-order valence-corrected chi connectivity index (χ3v) is 3.45. The lowest BCUT2D eigenvalue weighted by atomic mass is 10.3. The normalized spacial score (nSPS) is 17.8. The highest BCUT2D eigenvalue weighted by molar-refractivity contribution is 7.98. The van der Waals surface area contributed by atoms with E-state index in [1.54, 1.807) is 0 Å². The standard InChI is InChI=1S/C11H24N2S/c1-14-11-5-2-6-12-7-10-13-8-3-4-9-13/h12H,2-11H2,1H3. The Hall–Kier alpha value is 0.270. The van der Waals surface area contributed by atoms with Crippen LogP contribution >= 0.6 is 11.8 Å². The summed E-state index contributed by atoms with van der Waals surface area (Å²) in [6.45, 7) is 6.29. The molecule has 0 spiro atoms. The van der Waals surface area contributed by atoms with E-state index in [-0.39, 0.29) is 0 Å². The summed E-state index contributed by atoms with van der Waals surface area (Å²) in [6, 6.07) is 0. The number of unbranched alkanes of at least 4 members (excludes halogenated alkanes) is 1. The van der Waals surface area contributed by atoms with E-state index < -0.39 is 0 Å². The van der Waals surface area contributed by atoms with E-state index in [2.05, 4.69) is 16.5 Å². The molecular formula is C11H24N2S. The molecule has 0 aliphatic carbocycles. The second-order valence-corrected chi connectivity index (χ2v) is 4.98. The summed E-state index contributed by atoms with van der Waals surface area (Å²) in [7, 11) is 0. The van der Waals surface area contributed by atoms with E-state index >= 15 is 0 Å². The second-order valence-electron chi connectivity index (χ2n) is 4.00. The van der Waals surface area contributed by atoms with Crippen molar-refractivity contribution < 1.29 is 0 Å². The molecule has 0 radical (unpaired) electrons. The lowest BCUT2D eigenvalue weighted by Gasteiger charge is -2.14. The quantitative estimate of drug-likeness (QED) is 0.623. The molecule has 0 aromatic rings. The largest absolute Gasteiger partial charge is 0.315 e. The highest BCUT2D eigenvalue weighted by atomic mass is 32.2. The van der Waals surface area contributed by atoms with Crippen molar-refractivity contribution in [3.63, 3.8) is 0 Å². The molecule has 1 saturated heterocycles. The van der Waals surface area contributed by atoms with Gasteiger partial charge in [-0.2, -0.15) is 11.8 Å². The van der Waals surface area contributed by atoms with Crippen molar-refractivity contribution >= 4 is 11.8 Å². The first kappa shape index (κ1) is 12.3. The average Bonchev–Trinajstić information content (AvgIpc) is 2.69. The zero-order valence-corrected chi connectivity index (χ0v) is 10.2. The summed E-state index contributed by atoms with van der Waals surface area (Å²) >= 11 is 1.95. The molecule has 84 valence electrons. The van der Waals surface area contributed by atoms with Gasteiger partial charge in [0.05, 0.1) is 0 Å². The molecule has 1 aliphatic heterocycles. The van der Waals surface area contributed by atoms with Crippen molar-refractivity contribution in [3.05, 3.63) is 0 Å². The first-order chi connectivity index (χ1) is 6.93. The van der Waals surface area contributed by atoms with Crippen molar-refractivity contribution in [2.24, 2.45) is 0 Å². The molecule has 0 amide bonds. The molecule has 0 aromatic carbocycles. The monoisotopic (exact) mass is 216 g/mol. The van der Waals surface area contributed by atoms with Crippen LogP contribution in [0.5, 0.6) is 0 Å². The Kier molecular flexibility index (Phi) is 7.55. The van der Waals surface area contributed by atoms with Crippen LogP contribution in [0.2, 0.25) is 0 Å². The summed E-state index contributed by atoms with van der Waals surface area (Å²) in [6.07, 6.45) is 7.70. The molecule has 1 rings (SSSR count). The van der Waals surface area contributed by atoms with E-state index in [1.165, 1.54) is 64.2 Å². The van der Waals surface area contributed by atoms with Crippen molar-refractivity contribution in [1.29, 1.82) is 0 Å². The average molecular weight is 216 g/mol. The number of likely N-dealkylation sites (tertiary alicyclic amines) is 1. The van der Waals surface area contributed by atoms with Crippen LogP contribution in [0, 0.1) is 0 Å². The number of nitrogens with one attached hydrogen (secondary N) is 1. The molecular weight excluding hydrogens is 192 g/mol. The fraction of sp³-hybridized carbons (Fsp3) is 1.00. The van der Waals surface area contributed by atoms with Crippen LogP contribution < -0.4 is 5.32 Å². The lowest BCUT2D eigenvalue weighted by molar-refractivity contribution is 0.336. The molecule has 1 aliphatic rings. The molecule has 3 heteroatoms. The number of rotatable bonds is 8. The maximum Gasteiger partial charge on any atom is 0.0107 e. The van der Waals surface area contributed by atoms with Crippen molar-refractivity contribution in [2.45, 2.75) is 25.7 Å². The predicted octanol–water partition coefficient (Wildman–Crippen LogP) is 1.81. The number of nitrogens with zero attached hydrogens (tertiary/aromatic N) is 1. The van der Waals surface area contributed by atoms with Crippen LogP contribution in [0.3, 0.4) is 0 Å². The van der Waals surface area contributed by atoms with Crippen LogP contribution in [0.1, 0.15) is 25.7 Å². The van der Waals surface area contributed by atoms with Crippen molar-refractivity contribution in [3.8, 4) is 0 Å². The summed E-state index contributed by atoms with van der Waals surface area (Å²) in [5.41, 5.74) is 0. The van der Waals surface area contributed by atoms with Crippen molar-refractivity contribution in [2.75, 3.05) is 44.7 Å². The fourth-order valence-corrected chi connectivity index (χ4v) is 2.36. The molecule has 1 fully saturated rings. The SMILES string of the molecule is CSCCCCNCCN1CCCC1. The van der Waals surface area contributed by atoms with E-state index in [0.717, 1.165) is 0 Å². The molecule has 1 heterocycles. The third kappa shape index (κ3) is 5.89. The van der Waals surface area contributed by atoms with Gasteiger partial charge in [0.1, 0.15) is 0 Å². The number of hydrogen-bond donors (Lipinski definition) is 1. The van der Waals surface area contributed by atoms with Gasteiger partial charge in [0.25, 0.3) is 0 Å². The zero-order chi connectivity index (χ0) is 10.1. The Morgan fingerprint density at radius 2 is 1.93 bits per heavy atom. The van der Waals surface area contributed by atoms with Crippen molar-refractivity contribution in [1.82, 2.24) is 10.2 Å². The van der Waals surface area contributed by atoms with Gasteiger partial charge in [-0.15, -0.1) is 0 Å². The third-order valence-electron chi connectivity index (χ3n) is 2.76. The fourth-order valence-electron chi connectivity index (χ4n) is 1.86. The van der Waals surface area contributed by atoms with Gasteiger partial charge < -0.3 is 10.2 Å². The van der Waals surface area contributed by atoms with E-state index in [4.69, 9.17) is 0 Å². The number of hydrogen-bond acceptors (Lipinski definition) is 3. The topological polar surface area (TPSA) is 15.3 Å². The second kappa shape index (κ2) is 8.57. The summed E-state index contributed by atoms with van der Waals surface area (Å²) in [5, 5.41) is 3.52. The van der Waals surface area contributed by atoms with E-state index in [9.17, 15) is 0 Å². The van der Waals surface area contributed by atoms with E-state index in [1.807, 2.05) is 11.8 Å². The molecule has 0 saturated carbocycles. The Morgan fingerprint density at radius 1 is 1.14 bits per heavy atom. The predicted molar refractivity (Wildman–Crippen MR) is 66.2 cm³/mol. The van der Waals surface area contributed by atoms with Crippen LogP contribution in [0.15, 0.2) is 0 Å². The minimum Gasteiger partial charge on any atom is -0.315 e. The summed E-state index contributed by atoms with van der Waals surface area (Å²) < 4.78 is 0. The smallest absolute Gasteiger partial charge is 0.0107 e. The van der Waals surface area contributed by atoms with Gasteiger partial charge in [-0.25, -0.2) is 0 Å². The Balaban J connectivity index is 1.75. The molecule has 0 aromatic heterocycles. The summed E-state index contributed by atoms with van der Waals surface area (Å²) in [5.74, 6) is 1.31. The molecule has 2 nitrogen and oxygen atoms in total. The number of thioether (sulfide) groups is 1. The van der Waals surface area contributed by atoms with Gasteiger partial charge in [-0.3, -0.25) is 0 Å². The van der Waals surface area contributed by atoms with E-state index in [0.29, 0.717) is 0 Å². The Morgan fingerprint density at radius 3 is 2.64 bits per heavy atom. The molecule has 0 unspecified atom stereocenters. The van der Waals surface area contributed by atoms with Crippen LogP contribution in [-0.4, -0.2) is 49.6 Å². The molecule has 0 atom stereocenters. The van der Waals surface area contributed by atoms with Gasteiger partial charge in [0.2, 0.25) is 0 Å². The Labute approximate surface area is 92.8 Å². The molecule has 14 heavy (non-hydrogen) atoms. The maximum absolute atomic E-state index is 3.52. The minimum atomic E-state index is 1.18. The van der Waals surface area contributed by atoms with Crippen LogP contribution in [0.25, 0.3) is 0 Å². The Bertz CT molecular complexity index is 124. The maximum atomic E-state index is 3.52. The van der Waals surface area contributed by atoms with Crippen LogP contribution in [0.4, 0.5) is 0 Å². The highest BCUT2D eigenvalue weighted by Crippen LogP contribution is 2.05. The van der Waals surface area contributed by atoms with Gasteiger partial charge in [0, 0.05) is 13.1 Å². The van der Waals surface area contributed by atoms with Gasteiger partial charge in [-0.05, 0) is 57.3 Å². The van der Waals surface area contributed by atoms with Crippen LogP contribution in [-0.2, 0) is 0 Å². The minimum absolute atomic E-state index is 1.18. The molecule has 0 bridgehead atoms. The highest BCUT2D eigenvalue weighted by Gasteiger charge is 2.09. The van der Waals surface area contributed by atoms with Gasteiger partial charge in [-0.1, -0.05) is 0 Å². The zero-order valence-electron chi connectivity index (χ0n) is 9.43. The first-order valence-electron chi connectivity index (χ1n) is 5.85. The lowest BCUT2D eigenvalue weighted by Crippen LogP contribution is -2.30. The summed E-state index contributed by atoms with van der Waals surface area (Å²) in [4.78, 5) is 2.56. The van der Waals surface area contributed by atoms with Gasteiger partial charge >= 0.3 is 0 Å². The first-order valence-corrected chi connectivity index (χ1v) is 7.25. The van der Waals surface area contributed by atoms with Gasteiger partial charge in [0.15, 0.2) is 0 Å².